The van der Waals surface area contributed by atoms with Gasteiger partial charge in [-0.2, -0.15) is 0 Å². The molecule has 4 rings (SSSR count). The van der Waals surface area contributed by atoms with Gasteiger partial charge in [0, 0.05) is 38.4 Å². The molecule has 0 spiro atoms. The Morgan fingerprint density at radius 2 is 1.56 bits per heavy atom. The zero-order chi connectivity index (χ0) is 22.5. The van der Waals surface area contributed by atoms with Crippen molar-refractivity contribution >= 4 is 23.4 Å². The highest BCUT2D eigenvalue weighted by atomic mass is 16.5. The van der Waals surface area contributed by atoms with E-state index in [1.165, 1.54) is 5.69 Å². The lowest BCUT2D eigenvalue weighted by Gasteiger charge is -2.36. The number of nitrogens with zero attached hydrogens (tertiary/aromatic N) is 3. The summed E-state index contributed by atoms with van der Waals surface area (Å²) < 4.78 is 5.21. The first kappa shape index (κ1) is 21.8. The maximum absolute atomic E-state index is 12.3. The maximum atomic E-state index is 12.3. The third-order valence-electron chi connectivity index (χ3n) is 5.96. The van der Waals surface area contributed by atoms with Gasteiger partial charge in [0.1, 0.15) is 12.3 Å². The van der Waals surface area contributed by atoms with Crippen molar-refractivity contribution < 1.29 is 19.1 Å². The molecular formula is C24H28N4O4. The van der Waals surface area contributed by atoms with Gasteiger partial charge < -0.3 is 15.0 Å². The predicted molar refractivity (Wildman–Crippen MR) is 121 cm³/mol. The molecule has 2 aliphatic heterocycles. The molecule has 0 aliphatic carbocycles. The van der Waals surface area contributed by atoms with Crippen molar-refractivity contribution in [1.82, 2.24) is 15.1 Å². The topological polar surface area (TPSA) is 82.2 Å². The third kappa shape index (κ3) is 4.75. The minimum absolute atomic E-state index is 0.243. The predicted octanol–water partition coefficient (Wildman–Crippen LogP) is 1.62. The lowest BCUT2D eigenvalue weighted by atomic mass is 10.1. The monoisotopic (exact) mass is 436 g/mol. The summed E-state index contributed by atoms with van der Waals surface area (Å²) in [6, 6.07) is 14.8. The molecule has 32 heavy (non-hydrogen) atoms. The zero-order valence-electron chi connectivity index (χ0n) is 18.3. The van der Waals surface area contributed by atoms with Gasteiger partial charge >= 0.3 is 0 Å². The van der Waals surface area contributed by atoms with Crippen LogP contribution in [-0.4, -0.2) is 80.4 Å². The number of carbonyl (C=O) groups is 3. The molecule has 0 aromatic heterocycles. The van der Waals surface area contributed by atoms with E-state index in [0.29, 0.717) is 17.7 Å². The smallest absolute Gasteiger partial charge is 0.262 e. The average molecular weight is 437 g/mol. The van der Waals surface area contributed by atoms with Crippen LogP contribution in [-0.2, 0) is 4.79 Å². The molecule has 8 nitrogen and oxygen atoms in total. The summed E-state index contributed by atoms with van der Waals surface area (Å²) in [5, 5.41) is 2.83. The molecule has 2 aromatic rings. The van der Waals surface area contributed by atoms with Gasteiger partial charge in [-0.3, -0.25) is 24.2 Å². The number of anilines is 1. The number of benzene rings is 2. The van der Waals surface area contributed by atoms with Gasteiger partial charge in [-0.15, -0.1) is 0 Å². The van der Waals surface area contributed by atoms with Crippen molar-refractivity contribution in [2.75, 3.05) is 57.8 Å². The lowest BCUT2D eigenvalue weighted by molar-refractivity contribution is -0.121. The highest BCUT2D eigenvalue weighted by Gasteiger charge is 2.36. The van der Waals surface area contributed by atoms with Gasteiger partial charge in [-0.25, -0.2) is 0 Å². The van der Waals surface area contributed by atoms with Crippen LogP contribution in [0.4, 0.5) is 5.69 Å². The number of imide groups is 1. The van der Waals surface area contributed by atoms with Crippen LogP contribution in [0.2, 0.25) is 0 Å². The molecule has 2 heterocycles. The molecule has 8 heteroatoms. The van der Waals surface area contributed by atoms with Crippen LogP contribution in [0, 0.1) is 0 Å². The summed E-state index contributed by atoms with van der Waals surface area (Å²) in [5.74, 6) is -0.271. The fourth-order valence-corrected chi connectivity index (χ4v) is 4.14. The molecule has 1 saturated heterocycles. The summed E-state index contributed by atoms with van der Waals surface area (Å²) in [6.45, 7) is 5.01. The number of nitrogens with one attached hydrogen (secondary N) is 1. The van der Waals surface area contributed by atoms with Crippen LogP contribution in [0.25, 0.3) is 0 Å². The number of hydrogen-bond acceptors (Lipinski definition) is 6. The van der Waals surface area contributed by atoms with E-state index >= 15 is 0 Å². The quantitative estimate of drug-likeness (QED) is 0.500. The number of hydrogen-bond donors (Lipinski definition) is 1. The molecule has 2 aliphatic rings. The van der Waals surface area contributed by atoms with Gasteiger partial charge in [0.25, 0.3) is 11.8 Å². The molecule has 1 N–H and O–H groups in total. The molecule has 2 aromatic carbocycles. The normalized spacial score (nSPS) is 16.3. The van der Waals surface area contributed by atoms with Crippen LogP contribution in [0.3, 0.4) is 0 Å². The Hall–Kier alpha value is -3.39. The van der Waals surface area contributed by atoms with E-state index < -0.39 is 11.8 Å². The second-order valence-corrected chi connectivity index (χ2v) is 7.97. The van der Waals surface area contributed by atoms with Gasteiger partial charge in [-0.05, 0) is 49.4 Å². The van der Waals surface area contributed by atoms with Crippen LogP contribution < -0.4 is 15.0 Å². The summed E-state index contributed by atoms with van der Waals surface area (Å²) in [7, 11) is 1.67. The van der Waals surface area contributed by atoms with Crippen molar-refractivity contribution in [2.24, 2.45) is 0 Å². The molecule has 0 saturated carbocycles. The fourth-order valence-electron chi connectivity index (χ4n) is 4.14. The van der Waals surface area contributed by atoms with E-state index in [9.17, 15) is 14.4 Å². The average Bonchev–Trinajstić information content (AvgIpc) is 3.07. The van der Waals surface area contributed by atoms with E-state index in [-0.39, 0.29) is 12.5 Å². The van der Waals surface area contributed by atoms with Crippen molar-refractivity contribution in [3.63, 3.8) is 0 Å². The van der Waals surface area contributed by atoms with E-state index in [0.717, 1.165) is 49.8 Å². The zero-order valence-corrected chi connectivity index (χ0v) is 18.3. The van der Waals surface area contributed by atoms with Crippen molar-refractivity contribution in [2.45, 2.75) is 6.42 Å². The molecule has 0 atom stereocenters. The third-order valence-corrected chi connectivity index (χ3v) is 5.96. The van der Waals surface area contributed by atoms with E-state index in [1.807, 2.05) is 12.1 Å². The van der Waals surface area contributed by atoms with E-state index in [1.54, 1.807) is 31.4 Å². The van der Waals surface area contributed by atoms with Crippen LogP contribution >= 0.6 is 0 Å². The Bertz CT molecular complexity index is 949. The first-order chi connectivity index (χ1) is 15.6. The highest BCUT2D eigenvalue weighted by Crippen LogP contribution is 2.22. The standard InChI is InChI=1S/C24H28N4O4/c1-32-19-9-7-18(8-10-19)27-15-13-26(14-16-27)12-4-11-25-22(29)17-28-23(30)20-5-2-3-6-21(20)24(28)31/h2-3,5-10H,4,11-17H2,1H3,(H,25,29). The number of amides is 3. The molecule has 0 unspecified atom stereocenters. The number of rotatable bonds is 8. The van der Waals surface area contributed by atoms with Crippen LogP contribution in [0.1, 0.15) is 27.1 Å². The van der Waals surface area contributed by atoms with E-state index in [4.69, 9.17) is 4.74 Å². The van der Waals surface area contributed by atoms with Gasteiger partial charge in [0.05, 0.1) is 18.2 Å². The number of carbonyl (C=O) groups excluding carboxylic acids is 3. The SMILES string of the molecule is COc1ccc(N2CCN(CCCNC(=O)CN3C(=O)c4ccccc4C3=O)CC2)cc1. The fraction of sp³-hybridized carbons (Fsp3) is 0.375. The first-order valence-corrected chi connectivity index (χ1v) is 10.9. The summed E-state index contributed by atoms with van der Waals surface area (Å²) in [6.07, 6.45) is 0.816. The van der Waals surface area contributed by atoms with Gasteiger partial charge in [-0.1, -0.05) is 12.1 Å². The second kappa shape index (κ2) is 9.82. The number of methoxy groups -OCH3 is 1. The summed E-state index contributed by atoms with van der Waals surface area (Å²) in [4.78, 5) is 42.7. The Morgan fingerprint density at radius 3 is 2.16 bits per heavy atom. The van der Waals surface area contributed by atoms with E-state index in [2.05, 4.69) is 27.2 Å². The molecule has 168 valence electrons. The molecule has 3 amide bonds. The second-order valence-electron chi connectivity index (χ2n) is 7.97. The van der Waals surface area contributed by atoms with Crippen molar-refractivity contribution in [1.29, 1.82) is 0 Å². The highest BCUT2D eigenvalue weighted by molar-refractivity contribution is 6.22. The first-order valence-electron chi connectivity index (χ1n) is 10.9. The maximum Gasteiger partial charge on any atom is 0.262 e. The minimum atomic E-state index is -0.407. The molecule has 0 radical (unpaired) electrons. The van der Waals surface area contributed by atoms with Crippen molar-refractivity contribution in [3.8, 4) is 5.75 Å². The Morgan fingerprint density at radius 1 is 0.938 bits per heavy atom. The summed E-state index contributed by atoms with van der Waals surface area (Å²) >= 11 is 0. The largest absolute Gasteiger partial charge is 0.497 e. The Labute approximate surface area is 187 Å². The lowest BCUT2D eigenvalue weighted by Crippen LogP contribution is -2.47. The number of piperazine rings is 1. The minimum Gasteiger partial charge on any atom is -0.497 e. The van der Waals surface area contributed by atoms with Crippen LogP contribution in [0.15, 0.2) is 48.5 Å². The molecule has 0 bridgehead atoms. The Balaban J connectivity index is 1.14. The van der Waals surface area contributed by atoms with Gasteiger partial charge in [0.2, 0.25) is 5.91 Å². The molecular weight excluding hydrogens is 408 g/mol. The summed E-state index contributed by atoms with van der Waals surface area (Å²) in [5.41, 5.74) is 1.92. The molecule has 1 fully saturated rings. The van der Waals surface area contributed by atoms with Crippen molar-refractivity contribution in [3.05, 3.63) is 59.7 Å². The Kier molecular flexibility index (Phi) is 6.70. The van der Waals surface area contributed by atoms with Crippen LogP contribution in [0.5, 0.6) is 5.75 Å². The number of fused-ring (bicyclic) bond motifs is 1. The van der Waals surface area contributed by atoms with Gasteiger partial charge in [0.15, 0.2) is 0 Å². The number of ether oxygens (including phenoxy) is 1.